The first-order valence-corrected chi connectivity index (χ1v) is 8.30. The van der Waals surface area contributed by atoms with Crippen LogP contribution in [-0.4, -0.2) is 0 Å². The van der Waals surface area contributed by atoms with Gasteiger partial charge in [0.05, 0.1) is 14.0 Å². The molecule has 0 radical (unpaired) electrons. The zero-order chi connectivity index (χ0) is 13.5. The van der Waals surface area contributed by atoms with E-state index >= 15 is 0 Å². The van der Waals surface area contributed by atoms with Crippen LogP contribution in [0.4, 0.5) is 0 Å². The van der Waals surface area contributed by atoms with Gasteiger partial charge in [-0.3, -0.25) is 0 Å². The van der Waals surface area contributed by atoms with Crippen LogP contribution in [0.2, 0.25) is 8.67 Å². The van der Waals surface area contributed by atoms with Gasteiger partial charge in [0, 0.05) is 15.3 Å². The Bertz CT molecular complexity index is 549. The number of alkyl halides is 1. The van der Waals surface area contributed by atoms with Crippen LogP contribution in [0.5, 0.6) is 0 Å². The fourth-order valence-corrected chi connectivity index (χ4v) is 4.67. The van der Waals surface area contributed by atoms with E-state index in [2.05, 4.69) is 32.9 Å². The summed E-state index contributed by atoms with van der Waals surface area (Å²) in [4.78, 5) is 2.43. The summed E-state index contributed by atoms with van der Waals surface area (Å²) >= 11 is 21.7. The number of hydrogen-bond acceptors (Lipinski definition) is 2. The Morgan fingerprint density at radius 3 is 2.22 bits per heavy atom. The molecule has 0 amide bonds. The van der Waals surface area contributed by atoms with Crippen LogP contribution >= 0.6 is 57.5 Å². The molecule has 0 saturated carbocycles. The van der Waals surface area contributed by atoms with E-state index in [9.17, 15) is 0 Å². The predicted octanol–water partition coefficient (Wildman–Crippen LogP) is 6.74. The van der Waals surface area contributed by atoms with Gasteiger partial charge in [-0.1, -0.05) is 44.0 Å². The minimum absolute atomic E-state index is 0.148. The maximum absolute atomic E-state index is 6.49. The first-order chi connectivity index (χ1) is 8.29. The summed E-state index contributed by atoms with van der Waals surface area (Å²) in [6, 6.07) is 6.06. The van der Waals surface area contributed by atoms with Gasteiger partial charge in [0.25, 0.3) is 0 Å². The van der Waals surface area contributed by atoms with Gasteiger partial charge in [-0.15, -0.1) is 34.3 Å². The Labute approximate surface area is 131 Å². The third-order valence-corrected chi connectivity index (χ3v) is 6.27. The topological polar surface area (TPSA) is 0 Å². The molecule has 1 atom stereocenters. The lowest BCUT2D eigenvalue weighted by Crippen LogP contribution is -2.07. The zero-order valence-corrected chi connectivity index (χ0v) is 14.2. The van der Waals surface area contributed by atoms with Gasteiger partial charge in [0.1, 0.15) is 0 Å². The Balaban J connectivity index is 2.32. The summed E-state index contributed by atoms with van der Waals surface area (Å²) in [6.45, 7) is 6.58. The average molecular weight is 340 g/mol. The molecule has 0 bridgehead atoms. The second-order valence-corrected chi connectivity index (χ2v) is 8.93. The highest BCUT2D eigenvalue weighted by Gasteiger charge is 2.22. The summed E-state index contributed by atoms with van der Waals surface area (Å²) < 4.78 is 1.35. The van der Waals surface area contributed by atoms with Gasteiger partial charge in [-0.2, -0.15) is 0 Å². The SMILES string of the molecule is CC(C)(C)c1ccc(C(Cl)c2cc(Cl)sc2Cl)s1. The number of rotatable bonds is 2. The molecule has 0 aliphatic carbocycles. The number of hydrogen-bond donors (Lipinski definition) is 0. The number of halogens is 3. The second kappa shape index (κ2) is 5.34. The largest absolute Gasteiger partial charge is 0.143 e. The zero-order valence-electron chi connectivity index (χ0n) is 10.3. The molecule has 0 aliphatic rings. The standard InChI is InChI=1S/C13H13Cl3S2/c1-13(2,3)9-5-4-8(17-9)11(15)7-6-10(14)18-12(7)16/h4-6,11H,1-3H3. The van der Waals surface area contributed by atoms with Crippen LogP contribution in [0.1, 0.15) is 41.5 Å². The molecule has 18 heavy (non-hydrogen) atoms. The minimum atomic E-state index is -0.220. The first-order valence-electron chi connectivity index (χ1n) is 5.48. The minimum Gasteiger partial charge on any atom is -0.143 e. The van der Waals surface area contributed by atoms with Gasteiger partial charge in [-0.05, 0) is 23.6 Å². The number of thiophene rings is 2. The van der Waals surface area contributed by atoms with Crippen LogP contribution in [-0.2, 0) is 5.41 Å². The molecule has 0 nitrogen and oxygen atoms in total. The van der Waals surface area contributed by atoms with E-state index < -0.39 is 0 Å². The normalized spacial score (nSPS) is 13.9. The molecule has 0 N–H and O–H groups in total. The van der Waals surface area contributed by atoms with Crippen LogP contribution in [0.3, 0.4) is 0 Å². The lowest BCUT2D eigenvalue weighted by Gasteiger charge is -2.15. The van der Waals surface area contributed by atoms with Crippen molar-refractivity contribution in [1.29, 1.82) is 0 Å². The Morgan fingerprint density at radius 2 is 1.78 bits per heavy atom. The highest BCUT2D eigenvalue weighted by atomic mass is 35.5. The highest BCUT2D eigenvalue weighted by Crippen LogP contribution is 2.43. The maximum atomic E-state index is 6.49. The summed E-state index contributed by atoms with van der Waals surface area (Å²) in [5, 5.41) is -0.220. The lowest BCUT2D eigenvalue weighted by molar-refractivity contribution is 0.604. The van der Waals surface area contributed by atoms with Crippen LogP contribution in [0.15, 0.2) is 18.2 Å². The van der Waals surface area contributed by atoms with E-state index in [0.29, 0.717) is 8.67 Å². The van der Waals surface area contributed by atoms with Crippen molar-refractivity contribution in [3.05, 3.63) is 42.2 Å². The van der Waals surface area contributed by atoms with Crippen molar-refractivity contribution in [3.8, 4) is 0 Å². The summed E-state index contributed by atoms with van der Waals surface area (Å²) in [5.41, 5.74) is 1.05. The molecule has 2 rings (SSSR count). The molecular formula is C13H13Cl3S2. The van der Waals surface area contributed by atoms with E-state index in [0.717, 1.165) is 10.4 Å². The van der Waals surface area contributed by atoms with Crippen molar-refractivity contribution in [1.82, 2.24) is 0 Å². The van der Waals surface area contributed by atoms with Crippen LogP contribution < -0.4 is 0 Å². The molecule has 0 spiro atoms. The van der Waals surface area contributed by atoms with Gasteiger partial charge >= 0.3 is 0 Å². The first kappa shape index (κ1) is 14.7. The third kappa shape index (κ3) is 3.05. The van der Waals surface area contributed by atoms with Gasteiger partial charge in [0.15, 0.2) is 0 Å². The van der Waals surface area contributed by atoms with Crippen molar-refractivity contribution < 1.29 is 0 Å². The van der Waals surface area contributed by atoms with Crippen LogP contribution in [0.25, 0.3) is 0 Å². The fourth-order valence-electron chi connectivity index (χ4n) is 1.57. The molecule has 98 valence electrons. The highest BCUT2D eigenvalue weighted by molar-refractivity contribution is 7.20. The molecule has 0 aliphatic heterocycles. The van der Waals surface area contributed by atoms with Crippen molar-refractivity contribution in [2.45, 2.75) is 31.6 Å². The average Bonchev–Trinajstić information content (AvgIpc) is 2.83. The Hall–Kier alpha value is 0.270. The molecule has 2 heterocycles. The molecule has 0 aromatic carbocycles. The Morgan fingerprint density at radius 1 is 1.11 bits per heavy atom. The summed E-state index contributed by atoms with van der Waals surface area (Å²) in [5.74, 6) is 0. The smallest absolute Gasteiger partial charge is 0.0994 e. The molecule has 2 aromatic rings. The second-order valence-electron chi connectivity index (χ2n) is 5.09. The van der Waals surface area contributed by atoms with Crippen molar-refractivity contribution >= 4 is 57.5 Å². The van der Waals surface area contributed by atoms with E-state index in [1.165, 1.54) is 16.2 Å². The molecule has 1 unspecified atom stereocenters. The summed E-state index contributed by atoms with van der Waals surface area (Å²) in [6.07, 6.45) is 0. The lowest BCUT2D eigenvalue weighted by atomic mass is 9.95. The molecule has 0 saturated heterocycles. The van der Waals surface area contributed by atoms with Gasteiger partial charge in [0.2, 0.25) is 0 Å². The van der Waals surface area contributed by atoms with Crippen molar-refractivity contribution in [2.75, 3.05) is 0 Å². The Kier molecular flexibility index (Phi) is 4.35. The molecular weight excluding hydrogens is 327 g/mol. The van der Waals surface area contributed by atoms with Crippen molar-refractivity contribution in [3.63, 3.8) is 0 Å². The van der Waals surface area contributed by atoms with E-state index in [1.807, 2.05) is 6.07 Å². The quantitative estimate of drug-likeness (QED) is 0.531. The monoisotopic (exact) mass is 338 g/mol. The fraction of sp³-hybridized carbons (Fsp3) is 0.385. The predicted molar refractivity (Wildman–Crippen MR) is 85.1 cm³/mol. The summed E-state index contributed by atoms with van der Waals surface area (Å²) in [7, 11) is 0. The van der Waals surface area contributed by atoms with E-state index in [1.54, 1.807) is 11.3 Å². The van der Waals surface area contributed by atoms with Gasteiger partial charge < -0.3 is 0 Å². The maximum Gasteiger partial charge on any atom is 0.0994 e. The van der Waals surface area contributed by atoms with E-state index in [-0.39, 0.29) is 10.8 Å². The molecule has 5 heteroatoms. The molecule has 2 aromatic heterocycles. The molecule has 0 fully saturated rings. The van der Waals surface area contributed by atoms with Crippen molar-refractivity contribution in [2.24, 2.45) is 0 Å². The van der Waals surface area contributed by atoms with Gasteiger partial charge in [-0.25, -0.2) is 0 Å². The van der Waals surface area contributed by atoms with E-state index in [4.69, 9.17) is 34.8 Å². The third-order valence-electron chi connectivity index (χ3n) is 2.57. The van der Waals surface area contributed by atoms with Crippen LogP contribution in [0, 0.1) is 0 Å².